The lowest BCUT2D eigenvalue weighted by Crippen LogP contribution is -2.58. The average Bonchev–Trinajstić information content (AvgIpc) is 3.26. The molecule has 180 valence electrons. The number of halogens is 2. The van der Waals surface area contributed by atoms with Crippen LogP contribution in [0.5, 0.6) is 0 Å². The molecule has 4 atom stereocenters. The lowest BCUT2D eigenvalue weighted by Gasteiger charge is -2.48. The number of carbonyl (C=O) groups excluding carboxylic acids is 1. The number of aromatic nitrogens is 1. The van der Waals surface area contributed by atoms with Gasteiger partial charge >= 0.3 is 0 Å². The number of likely N-dealkylation sites (N-methyl/N-ethyl adjacent to an activating group) is 1. The van der Waals surface area contributed by atoms with E-state index >= 15 is 0 Å². The SMILES string of the molecule is CN(C1CCC1OC=O)[C@H]1CCCC[C@@H]1Nc1cc(F)c(S(=O)(=O)Nc2nccs2)cc1Cl. The number of rotatable bonds is 9. The number of thiazole rings is 1. The van der Waals surface area contributed by atoms with E-state index in [2.05, 4.69) is 19.9 Å². The molecule has 33 heavy (non-hydrogen) atoms. The van der Waals surface area contributed by atoms with E-state index in [0.717, 1.165) is 62.0 Å². The molecular weight excluding hydrogens is 491 g/mol. The summed E-state index contributed by atoms with van der Waals surface area (Å²) in [5.74, 6) is -0.898. The van der Waals surface area contributed by atoms with Gasteiger partial charge < -0.3 is 10.1 Å². The number of nitrogens with one attached hydrogen (secondary N) is 2. The Labute approximate surface area is 201 Å². The lowest BCUT2D eigenvalue weighted by molar-refractivity contribution is -0.145. The smallest absolute Gasteiger partial charge is 0.293 e. The highest BCUT2D eigenvalue weighted by Gasteiger charge is 2.41. The monoisotopic (exact) mass is 516 g/mol. The zero-order valence-electron chi connectivity index (χ0n) is 18.0. The van der Waals surface area contributed by atoms with Gasteiger partial charge in [-0.2, -0.15) is 0 Å². The zero-order chi connectivity index (χ0) is 23.6. The number of carbonyl (C=O) groups is 1. The topological polar surface area (TPSA) is 101 Å². The maximum absolute atomic E-state index is 14.9. The van der Waals surface area contributed by atoms with Gasteiger partial charge in [-0.1, -0.05) is 24.4 Å². The van der Waals surface area contributed by atoms with Gasteiger partial charge in [0, 0.05) is 29.7 Å². The van der Waals surface area contributed by atoms with E-state index in [1.165, 1.54) is 6.20 Å². The Morgan fingerprint density at radius 1 is 1.24 bits per heavy atom. The number of benzene rings is 1. The Morgan fingerprint density at radius 2 is 2.03 bits per heavy atom. The molecule has 8 nitrogen and oxygen atoms in total. The van der Waals surface area contributed by atoms with Crippen LogP contribution in [0.15, 0.2) is 28.6 Å². The van der Waals surface area contributed by atoms with Crippen molar-refractivity contribution >= 4 is 50.3 Å². The predicted molar refractivity (Wildman–Crippen MR) is 126 cm³/mol. The van der Waals surface area contributed by atoms with Crippen molar-refractivity contribution < 1.29 is 22.3 Å². The molecule has 1 heterocycles. The number of hydrogen-bond acceptors (Lipinski definition) is 8. The van der Waals surface area contributed by atoms with Crippen LogP contribution in [0.4, 0.5) is 15.2 Å². The van der Waals surface area contributed by atoms with Crippen LogP contribution in [-0.4, -0.2) is 56.1 Å². The summed E-state index contributed by atoms with van der Waals surface area (Å²) in [5, 5.41) is 5.23. The first-order valence-corrected chi connectivity index (χ1v) is 13.5. The first-order valence-electron chi connectivity index (χ1n) is 10.8. The van der Waals surface area contributed by atoms with Crippen LogP contribution in [0, 0.1) is 5.82 Å². The second-order valence-corrected chi connectivity index (χ2v) is 11.3. The Kier molecular flexibility index (Phi) is 7.42. The van der Waals surface area contributed by atoms with Gasteiger partial charge in [-0.15, -0.1) is 11.3 Å². The van der Waals surface area contributed by atoms with Gasteiger partial charge in [-0.05, 0) is 44.9 Å². The molecule has 2 aliphatic carbocycles. The number of ether oxygens (including phenoxy) is 1. The number of anilines is 2. The third-order valence-electron chi connectivity index (χ3n) is 6.49. The first-order chi connectivity index (χ1) is 15.8. The fourth-order valence-corrected chi connectivity index (χ4v) is 6.81. The Morgan fingerprint density at radius 3 is 2.70 bits per heavy atom. The van der Waals surface area contributed by atoms with Crippen molar-refractivity contribution in [3.63, 3.8) is 0 Å². The summed E-state index contributed by atoms with van der Waals surface area (Å²) in [6.07, 6.45) is 7.05. The third kappa shape index (κ3) is 5.26. The van der Waals surface area contributed by atoms with E-state index in [1.54, 1.807) is 5.38 Å². The molecule has 2 unspecified atom stereocenters. The second-order valence-electron chi connectivity index (χ2n) is 8.39. The van der Waals surface area contributed by atoms with E-state index in [4.69, 9.17) is 16.3 Å². The third-order valence-corrected chi connectivity index (χ3v) is 8.97. The molecule has 0 aliphatic heterocycles. The highest BCUT2D eigenvalue weighted by molar-refractivity contribution is 7.93. The molecule has 2 saturated carbocycles. The molecule has 0 radical (unpaired) electrons. The van der Waals surface area contributed by atoms with Gasteiger partial charge in [0.2, 0.25) is 0 Å². The maximum Gasteiger partial charge on any atom is 0.293 e. The van der Waals surface area contributed by atoms with Crippen LogP contribution in [0.1, 0.15) is 38.5 Å². The number of nitrogens with zero attached hydrogens (tertiary/aromatic N) is 2. The molecule has 2 fully saturated rings. The van der Waals surface area contributed by atoms with Crippen LogP contribution in [0.25, 0.3) is 0 Å². The van der Waals surface area contributed by atoms with Crippen LogP contribution in [-0.2, 0) is 19.6 Å². The number of hydrogen-bond donors (Lipinski definition) is 2. The van der Waals surface area contributed by atoms with Gasteiger partial charge in [0.25, 0.3) is 16.5 Å². The van der Waals surface area contributed by atoms with E-state index in [0.29, 0.717) is 12.2 Å². The molecule has 0 amide bonds. The summed E-state index contributed by atoms with van der Waals surface area (Å²) in [7, 11) is -2.14. The highest BCUT2D eigenvalue weighted by Crippen LogP contribution is 2.36. The van der Waals surface area contributed by atoms with Gasteiger partial charge in [-0.25, -0.2) is 17.8 Å². The first kappa shape index (κ1) is 24.2. The summed E-state index contributed by atoms with van der Waals surface area (Å²) in [6.45, 7) is 0.503. The van der Waals surface area contributed by atoms with Crippen LogP contribution >= 0.6 is 22.9 Å². The fourth-order valence-electron chi connectivity index (χ4n) is 4.65. The molecule has 1 aromatic heterocycles. The maximum atomic E-state index is 14.9. The molecule has 0 spiro atoms. The van der Waals surface area contributed by atoms with E-state index < -0.39 is 20.7 Å². The van der Waals surface area contributed by atoms with Crippen LogP contribution in [0.3, 0.4) is 0 Å². The van der Waals surface area contributed by atoms with Gasteiger partial charge in [0.15, 0.2) is 5.13 Å². The van der Waals surface area contributed by atoms with Gasteiger partial charge in [0.1, 0.15) is 16.8 Å². The van der Waals surface area contributed by atoms with Crippen molar-refractivity contribution in [2.45, 2.75) is 67.6 Å². The summed E-state index contributed by atoms with van der Waals surface area (Å²) in [5.41, 5.74) is 0.349. The van der Waals surface area contributed by atoms with Crippen molar-refractivity contribution in [1.82, 2.24) is 9.88 Å². The average molecular weight is 517 g/mol. The minimum absolute atomic E-state index is 0.00553. The van der Waals surface area contributed by atoms with Crippen LogP contribution < -0.4 is 10.0 Å². The minimum Gasteiger partial charge on any atom is -0.463 e. The standard InChI is InChI=1S/C21H26ClFN4O4S2/c1-27(18-6-7-19(18)31-12-28)17-5-3-2-4-15(17)25-16-11-14(23)20(10-13(16)22)33(29,30)26-21-24-8-9-32-21/h8-12,15,17-19,25H,2-7H2,1H3,(H,24,26)/t15-,17-,18?,19?/m0/s1. The van der Waals surface area contributed by atoms with Crippen molar-refractivity contribution in [1.29, 1.82) is 0 Å². The van der Waals surface area contributed by atoms with Crippen molar-refractivity contribution in [2.75, 3.05) is 17.1 Å². The summed E-state index contributed by atoms with van der Waals surface area (Å²) >= 11 is 7.49. The van der Waals surface area contributed by atoms with Crippen LogP contribution in [0.2, 0.25) is 5.02 Å². The molecule has 1 aromatic carbocycles. The summed E-state index contributed by atoms with van der Waals surface area (Å²) in [6, 6.07) is 2.55. The Balaban J connectivity index is 1.51. The molecule has 4 rings (SSSR count). The Hall–Kier alpha value is -1.95. The van der Waals surface area contributed by atoms with E-state index in [9.17, 15) is 17.6 Å². The predicted octanol–water partition coefficient (Wildman–Crippen LogP) is 4.10. The molecular formula is C21H26ClFN4O4S2. The highest BCUT2D eigenvalue weighted by atomic mass is 35.5. The van der Waals surface area contributed by atoms with Crippen molar-refractivity contribution in [3.8, 4) is 0 Å². The largest absolute Gasteiger partial charge is 0.463 e. The molecule has 2 aromatic rings. The Bertz CT molecular complexity index is 1090. The van der Waals surface area contributed by atoms with E-state index in [1.807, 2.05) is 7.05 Å². The van der Waals surface area contributed by atoms with Gasteiger partial charge in [0.05, 0.1) is 10.7 Å². The quantitative estimate of drug-likeness (QED) is 0.484. The summed E-state index contributed by atoms with van der Waals surface area (Å²) < 4.78 is 47.6. The summed E-state index contributed by atoms with van der Waals surface area (Å²) in [4.78, 5) is 16.3. The molecule has 12 heteroatoms. The number of sulfonamides is 1. The fraction of sp³-hybridized carbons (Fsp3) is 0.524. The lowest BCUT2D eigenvalue weighted by atomic mass is 9.82. The van der Waals surface area contributed by atoms with Crippen molar-refractivity contribution in [3.05, 3.63) is 34.5 Å². The molecule has 2 N–H and O–H groups in total. The molecule has 0 bridgehead atoms. The second kappa shape index (κ2) is 10.1. The minimum atomic E-state index is -4.17. The molecule has 0 saturated heterocycles. The van der Waals surface area contributed by atoms with Gasteiger partial charge in [-0.3, -0.25) is 14.4 Å². The zero-order valence-corrected chi connectivity index (χ0v) is 20.4. The van der Waals surface area contributed by atoms with Crippen molar-refractivity contribution in [2.24, 2.45) is 0 Å². The normalized spacial score (nSPS) is 25.3. The van der Waals surface area contributed by atoms with E-state index in [-0.39, 0.29) is 34.4 Å². The molecule has 2 aliphatic rings.